The van der Waals surface area contributed by atoms with E-state index in [0.717, 1.165) is 31.6 Å². The van der Waals surface area contributed by atoms with Gasteiger partial charge in [0.15, 0.2) is 0 Å². The highest BCUT2D eigenvalue weighted by molar-refractivity contribution is 14.1. The van der Waals surface area contributed by atoms with Gasteiger partial charge < -0.3 is 5.32 Å². The number of hydrogen-bond acceptors (Lipinski definition) is 2. The zero-order valence-corrected chi connectivity index (χ0v) is 15.2. The number of benzene rings is 1. The number of nitrogens with zero attached hydrogens (tertiary/aromatic N) is 2. The van der Waals surface area contributed by atoms with E-state index in [2.05, 4.69) is 88.8 Å². The molecule has 0 saturated carbocycles. The zero-order chi connectivity index (χ0) is 15.2. The van der Waals surface area contributed by atoms with E-state index in [0.29, 0.717) is 6.04 Å². The predicted molar refractivity (Wildman–Crippen MR) is 96.5 cm³/mol. The van der Waals surface area contributed by atoms with Gasteiger partial charge in [-0.1, -0.05) is 25.1 Å². The fraction of sp³-hybridized carbons (Fsp3) is 0.471. The largest absolute Gasteiger partial charge is 0.310 e. The average molecular weight is 397 g/mol. The summed E-state index contributed by atoms with van der Waals surface area (Å²) in [6, 6.07) is 11.2. The third kappa shape index (κ3) is 4.30. The molecule has 0 spiro atoms. The second-order valence-electron chi connectivity index (χ2n) is 5.33. The molecule has 0 bridgehead atoms. The van der Waals surface area contributed by atoms with E-state index in [1.807, 2.05) is 0 Å². The summed E-state index contributed by atoms with van der Waals surface area (Å²) in [5.74, 6) is 0. The van der Waals surface area contributed by atoms with E-state index < -0.39 is 0 Å². The molecule has 0 fully saturated rings. The molecule has 4 heteroatoms. The van der Waals surface area contributed by atoms with Gasteiger partial charge in [0, 0.05) is 28.3 Å². The van der Waals surface area contributed by atoms with Gasteiger partial charge in [-0.25, -0.2) is 0 Å². The number of halogens is 1. The number of rotatable bonds is 7. The van der Waals surface area contributed by atoms with E-state index in [1.165, 1.54) is 14.8 Å². The van der Waals surface area contributed by atoms with Crippen molar-refractivity contribution < 1.29 is 0 Å². The third-order valence-electron chi connectivity index (χ3n) is 3.62. The topological polar surface area (TPSA) is 29.9 Å². The van der Waals surface area contributed by atoms with Crippen molar-refractivity contribution in [3.05, 3.63) is 50.9 Å². The molecular formula is C17H24IN3. The van der Waals surface area contributed by atoms with Crippen LogP contribution in [0.2, 0.25) is 0 Å². The maximum atomic E-state index is 4.57. The Bertz CT molecular complexity index is 577. The zero-order valence-electron chi connectivity index (χ0n) is 13.1. The summed E-state index contributed by atoms with van der Waals surface area (Å²) in [5, 5.41) is 8.26. The lowest BCUT2D eigenvalue weighted by atomic mass is 10.0. The third-order valence-corrected chi connectivity index (χ3v) is 4.60. The van der Waals surface area contributed by atoms with Crippen LogP contribution in [0.4, 0.5) is 0 Å². The molecule has 0 amide bonds. The minimum absolute atomic E-state index is 0.347. The van der Waals surface area contributed by atoms with Crippen LogP contribution in [0.5, 0.6) is 0 Å². The van der Waals surface area contributed by atoms with Crippen molar-refractivity contribution in [3.8, 4) is 0 Å². The van der Waals surface area contributed by atoms with Crippen LogP contribution >= 0.6 is 22.6 Å². The SMILES string of the molecule is CCCNC(Cc1cc(C)nn1CC)c1ccccc1I. The smallest absolute Gasteiger partial charge is 0.0596 e. The molecule has 1 unspecified atom stereocenters. The van der Waals surface area contributed by atoms with Crippen molar-refractivity contribution in [3.63, 3.8) is 0 Å². The van der Waals surface area contributed by atoms with Gasteiger partial charge in [0.05, 0.1) is 5.69 Å². The molecule has 1 aromatic carbocycles. The van der Waals surface area contributed by atoms with Gasteiger partial charge >= 0.3 is 0 Å². The molecule has 0 saturated heterocycles. The highest BCUT2D eigenvalue weighted by Gasteiger charge is 2.16. The first-order valence-corrected chi connectivity index (χ1v) is 8.74. The van der Waals surface area contributed by atoms with E-state index in [-0.39, 0.29) is 0 Å². The second kappa shape index (κ2) is 7.94. The number of aryl methyl sites for hydroxylation is 2. The van der Waals surface area contributed by atoms with Gasteiger partial charge in [-0.3, -0.25) is 4.68 Å². The van der Waals surface area contributed by atoms with Crippen LogP contribution in [0.1, 0.15) is 43.3 Å². The Hall–Kier alpha value is -0.880. The molecule has 1 N–H and O–H groups in total. The molecule has 3 nitrogen and oxygen atoms in total. The summed E-state index contributed by atoms with van der Waals surface area (Å²) in [6.07, 6.45) is 2.13. The summed E-state index contributed by atoms with van der Waals surface area (Å²) in [4.78, 5) is 0. The summed E-state index contributed by atoms with van der Waals surface area (Å²) < 4.78 is 3.44. The van der Waals surface area contributed by atoms with Gasteiger partial charge in [0.25, 0.3) is 0 Å². The summed E-state index contributed by atoms with van der Waals surface area (Å²) in [7, 11) is 0. The predicted octanol–water partition coefficient (Wildman–Crippen LogP) is 4.10. The standard InChI is InChI=1S/C17H24IN3/c1-4-10-19-17(15-8-6-7-9-16(15)18)12-14-11-13(3)20-21(14)5-2/h6-9,11,17,19H,4-5,10,12H2,1-3H3. The minimum Gasteiger partial charge on any atom is -0.310 e. The lowest BCUT2D eigenvalue weighted by molar-refractivity contribution is 0.501. The molecule has 2 rings (SSSR count). The van der Waals surface area contributed by atoms with Gasteiger partial charge in [-0.15, -0.1) is 0 Å². The molecule has 1 atom stereocenters. The van der Waals surface area contributed by atoms with Gasteiger partial charge in [0.1, 0.15) is 0 Å². The highest BCUT2D eigenvalue weighted by Crippen LogP contribution is 2.24. The molecule has 0 radical (unpaired) electrons. The number of hydrogen-bond donors (Lipinski definition) is 1. The van der Waals surface area contributed by atoms with Crippen LogP contribution in [-0.2, 0) is 13.0 Å². The molecule has 0 aliphatic heterocycles. The summed E-state index contributed by atoms with van der Waals surface area (Å²) in [5.41, 5.74) is 3.79. The molecular weight excluding hydrogens is 373 g/mol. The van der Waals surface area contributed by atoms with E-state index in [1.54, 1.807) is 0 Å². The quantitative estimate of drug-likeness (QED) is 0.713. The summed E-state index contributed by atoms with van der Waals surface area (Å²) in [6.45, 7) is 8.39. The Kier molecular flexibility index (Phi) is 6.23. The van der Waals surface area contributed by atoms with Gasteiger partial charge in [0.2, 0.25) is 0 Å². The van der Waals surface area contributed by atoms with Crippen molar-refractivity contribution in [1.29, 1.82) is 0 Å². The lowest BCUT2D eigenvalue weighted by Gasteiger charge is -2.20. The Labute approximate surface area is 141 Å². The first kappa shape index (κ1) is 16.5. The van der Waals surface area contributed by atoms with E-state index >= 15 is 0 Å². The average Bonchev–Trinajstić information content (AvgIpc) is 2.84. The Balaban J connectivity index is 2.26. The first-order chi connectivity index (χ1) is 10.2. The molecule has 114 valence electrons. The Morgan fingerprint density at radius 3 is 2.71 bits per heavy atom. The minimum atomic E-state index is 0.347. The van der Waals surface area contributed by atoms with Crippen molar-refractivity contribution in [2.24, 2.45) is 0 Å². The highest BCUT2D eigenvalue weighted by atomic mass is 127. The maximum absolute atomic E-state index is 4.57. The monoisotopic (exact) mass is 397 g/mol. The van der Waals surface area contributed by atoms with Crippen molar-refractivity contribution >= 4 is 22.6 Å². The Morgan fingerprint density at radius 1 is 1.29 bits per heavy atom. The number of aromatic nitrogens is 2. The van der Waals surface area contributed by atoms with Gasteiger partial charge in [-0.2, -0.15) is 5.10 Å². The molecule has 2 aromatic rings. The summed E-state index contributed by atoms with van der Waals surface area (Å²) >= 11 is 2.43. The van der Waals surface area contributed by atoms with Crippen LogP contribution in [0.15, 0.2) is 30.3 Å². The van der Waals surface area contributed by atoms with E-state index in [9.17, 15) is 0 Å². The first-order valence-electron chi connectivity index (χ1n) is 7.66. The maximum Gasteiger partial charge on any atom is 0.0596 e. The van der Waals surface area contributed by atoms with Crippen LogP contribution in [0, 0.1) is 10.5 Å². The van der Waals surface area contributed by atoms with Gasteiger partial charge in [-0.05, 0) is 67.1 Å². The molecule has 0 aliphatic carbocycles. The van der Waals surface area contributed by atoms with Crippen LogP contribution in [0.25, 0.3) is 0 Å². The molecule has 21 heavy (non-hydrogen) atoms. The second-order valence-corrected chi connectivity index (χ2v) is 6.49. The Morgan fingerprint density at radius 2 is 2.05 bits per heavy atom. The van der Waals surface area contributed by atoms with Crippen LogP contribution in [0.3, 0.4) is 0 Å². The van der Waals surface area contributed by atoms with Crippen molar-refractivity contribution in [1.82, 2.24) is 15.1 Å². The van der Waals surface area contributed by atoms with E-state index in [4.69, 9.17) is 0 Å². The van der Waals surface area contributed by atoms with Crippen molar-refractivity contribution in [2.75, 3.05) is 6.54 Å². The van der Waals surface area contributed by atoms with Crippen LogP contribution in [-0.4, -0.2) is 16.3 Å². The fourth-order valence-corrected chi connectivity index (χ4v) is 3.38. The molecule has 1 aromatic heterocycles. The normalized spacial score (nSPS) is 12.6. The van der Waals surface area contributed by atoms with Crippen molar-refractivity contribution in [2.45, 2.75) is 46.2 Å². The fourth-order valence-electron chi connectivity index (χ4n) is 2.61. The van der Waals surface area contributed by atoms with Crippen LogP contribution < -0.4 is 5.32 Å². The lowest BCUT2D eigenvalue weighted by Crippen LogP contribution is -2.25. The number of nitrogens with one attached hydrogen (secondary N) is 1. The molecule has 0 aliphatic rings. The molecule has 1 heterocycles.